The number of hydrogen-bond acceptors (Lipinski definition) is 5. The molecule has 0 radical (unpaired) electrons. The number of aryl methyl sites for hydroxylation is 1. The first-order valence-electron chi connectivity index (χ1n) is 8.34. The van der Waals surface area contributed by atoms with Crippen molar-refractivity contribution in [3.63, 3.8) is 0 Å². The molecule has 3 rings (SSSR count). The summed E-state index contributed by atoms with van der Waals surface area (Å²) in [6.45, 7) is 2.29. The van der Waals surface area contributed by atoms with E-state index in [2.05, 4.69) is 0 Å². The van der Waals surface area contributed by atoms with Gasteiger partial charge < -0.3 is 10.5 Å². The number of carbonyl (C=O) groups excluding carboxylic acids is 1. The van der Waals surface area contributed by atoms with Crippen molar-refractivity contribution in [2.75, 3.05) is 20.2 Å². The van der Waals surface area contributed by atoms with E-state index in [1.54, 1.807) is 13.0 Å². The van der Waals surface area contributed by atoms with Crippen molar-refractivity contribution < 1.29 is 17.9 Å². The van der Waals surface area contributed by atoms with E-state index in [1.807, 2.05) is 30.3 Å². The van der Waals surface area contributed by atoms with Crippen molar-refractivity contribution in [3.05, 3.63) is 65.2 Å². The Balaban J connectivity index is 1.91. The molecular weight excluding hydrogens is 352 g/mol. The van der Waals surface area contributed by atoms with E-state index in [4.69, 9.17) is 10.5 Å². The zero-order chi connectivity index (χ0) is 18.9. The van der Waals surface area contributed by atoms with Gasteiger partial charge in [-0.25, -0.2) is 13.2 Å². The van der Waals surface area contributed by atoms with Crippen molar-refractivity contribution in [3.8, 4) is 0 Å². The van der Waals surface area contributed by atoms with Crippen LogP contribution >= 0.6 is 0 Å². The third-order valence-electron chi connectivity index (χ3n) is 4.81. The van der Waals surface area contributed by atoms with Gasteiger partial charge >= 0.3 is 5.97 Å². The van der Waals surface area contributed by atoms with Gasteiger partial charge in [-0.05, 0) is 30.2 Å². The average molecular weight is 374 g/mol. The largest absolute Gasteiger partial charge is 0.465 e. The number of sulfonamides is 1. The smallest absolute Gasteiger partial charge is 0.338 e. The number of nitrogens with zero attached hydrogens (tertiary/aromatic N) is 1. The maximum atomic E-state index is 13.0. The van der Waals surface area contributed by atoms with Crippen molar-refractivity contribution >= 4 is 16.0 Å². The Hall–Kier alpha value is -2.22. The summed E-state index contributed by atoms with van der Waals surface area (Å²) in [5.41, 5.74) is 8.15. The molecule has 1 saturated heterocycles. The summed E-state index contributed by atoms with van der Waals surface area (Å²) in [6, 6.07) is 13.9. The molecule has 0 bridgehead atoms. The lowest BCUT2D eigenvalue weighted by molar-refractivity contribution is 0.0599. The van der Waals surface area contributed by atoms with E-state index in [0.29, 0.717) is 12.1 Å². The lowest BCUT2D eigenvalue weighted by Gasteiger charge is -2.17. The summed E-state index contributed by atoms with van der Waals surface area (Å²) in [4.78, 5) is 11.9. The van der Waals surface area contributed by atoms with Crippen LogP contribution in [-0.2, 0) is 14.8 Å². The lowest BCUT2D eigenvalue weighted by Crippen LogP contribution is -2.32. The minimum atomic E-state index is -3.75. The molecule has 1 aliphatic heterocycles. The zero-order valence-electron chi connectivity index (χ0n) is 14.8. The summed E-state index contributed by atoms with van der Waals surface area (Å²) in [6.07, 6.45) is 0. The summed E-state index contributed by atoms with van der Waals surface area (Å²) < 4.78 is 32.2. The molecule has 0 saturated carbocycles. The van der Waals surface area contributed by atoms with Gasteiger partial charge in [-0.15, -0.1) is 0 Å². The zero-order valence-corrected chi connectivity index (χ0v) is 15.6. The minimum Gasteiger partial charge on any atom is -0.465 e. The van der Waals surface area contributed by atoms with E-state index in [1.165, 1.54) is 23.5 Å². The number of carbonyl (C=O) groups is 1. The molecule has 2 N–H and O–H groups in total. The molecule has 2 aromatic rings. The first-order chi connectivity index (χ1) is 12.3. The molecule has 0 spiro atoms. The van der Waals surface area contributed by atoms with Crippen LogP contribution in [0.2, 0.25) is 0 Å². The van der Waals surface area contributed by atoms with Crippen molar-refractivity contribution in [1.82, 2.24) is 4.31 Å². The van der Waals surface area contributed by atoms with Crippen LogP contribution in [0.5, 0.6) is 0 Å². The standard InChI is InChI=1S/C19H22N2O4S/c1-13-8-9-15(10-16(13)19(22)25-2)26(23,24)21-11-17(18(20)12-21)14-6-4-3-5-7-14/h3-10,17-18H,11-12,20H2,1-2H3/t17-,18+/m0/s1. The van der Waals surface area contributed by atoms with Gasteiger partial charge in [-0.2, -0.15) is 4.31 Å². The van der Waals surface area contributed by atoms with Crippen LogP contribution in [0.1, 0.15) is 27.4 Å². The Morgan fingerprint density at radius 3 is 2.50 bits per heavy atom. The molecule has 0 amide bonds. The van der Waals surface area contributed by atoms with Crippen molar-refractivity contribution in [1.29, 1.82) is 0 Å². The molecule has 1 fully saturated rings. The molecule has 0 unspecified atom stereocenters. The first kappa shape index (κ1) is 18.6. The van der Waals surface area contributed by atoms with Crippen LogP contribution in [0, 0.1) is 6.92 Å². The number of ether oxygens (including phenoxy) is 1. The highest BCUT2D eigenvalue weighted by Crippen LogP contribution is 2.31. The molecule has 7 heteroatoms. The predicted molar refractivity (Wildman–Crippen MR) is 98.4 cm³/mol. The number of nitrogens with two attached hydrogens (primary N) is 1. The third kappa shape index (κ3) is 3.38. The van der Waals surface area contributed by atoms with Gasteiger partial charge in [0.25, 0.3) is 0 Å². The summed E-state index contributed by atoms with van der Waals surface area (Å²) in [5.74, 6) is -0.615. The van der Waals surface area contributed by atoms with Crippen molar-refractivity contribution in [2.24, 2.45) is 5.73 Å². The van der Waals surface area contributed by atoms with E-state index >= 15 is 0 Å². The van der Waals surface area contributed by atoms with E-state index in [9.17, 15) is 13.2 Å². The monoisotopic (exact) mass is 374 g/mol. The summed E-state index contributed by atoms with van der Waals surface area (Å²) in [5, 5.41) is 0. The number of benzene rings is 2. The number of rotatable bonds is 4. The number of hydrogen-bond donors (Lipinski definition) is 1. The Kier molecular flexibility index (Phi) is 5.13. The first-order valence-corrected chi connectivity index (χ1v) is 9.78. The summed E-state index contributed by atoms with van der Waals surface area (Å²) >= 11 is 0. The Labute approximate surface area is 153 Å². The molecule has 1 aliphatic rings. The van der Waals surface area contributed by atoms with Crippen LogP contribution in [0.3, 0.4) is 0 Å². The molecule has 26 heavy (non-hydrogen) atoms. The molecule has 138 valence electrons. The van der Waals surface area contributed by atoms with Gasteiger partial charge in [0.15, 0.2) is 0 Å². The highest BCUT2D eigenvalue weighted by Gasteiger charge is 2.38. The van der Waals surface area contributed by atoms with Crippen molar-refractivity contribution in [2.45, 2.75) is 23.8 Å². The van der Waals surface area contributed by atoms with Crippen LogP contribution < -0.4 is 5.73 Å². The lowest BCUT2D eigenvalue weighted by atomic mass is 9.95. The fourth-order valence-electron chi connectivity index (χ4n) is 3.28. The fourth-order valence-corrected chi connectivity index (χ4v) is 4.81. The van der Waals surface area contributed by atoms with Gasteiger partial charge in [0.1, 0.15) is 0 Å². The number of esters is 1. The molecule has 1 heterocycles. The molecule has 2 atom stereocenters. The Bertz CT molecular complexity index is 912. The van der Waals surface area contributed by atoms with E-state index < -0.39 is 16.0 Å². The normalized spacial score (nSPS) is 20.9. The topological polar surface area (TPSA) is 89.7 Å². The van der Waals surface area contributed by atoms with Crippen LogP contribution in [-0.4, -0.2) is 44.9 Å². The van der Waals surface area contributed by atoms with Gasteiger partial charge in [-0.1, -0.05) is 36.4 Å². The van der Waals surface area contributed by atoms with E-state index in [-0.39, 0.29) is 29.0 Å². The second-order valence-electron chi connectivity index (χ2n) is 6.47. The summed E-state index contributed by atoms with van der Waals surface area (Å²) in [7, 11) is -2.48. The average Bonchev–Trinajstić information content (AvgIpc) is 3.04. The molecular formula is C19H22N2O4S. The van der Waals surface area contributed by atoms with Gasteiger partial charge in [0, 0.05) is 25.0 Å². The maximum absolute atomic E-state index is 13.0. The van der Waals surface area contributed by atoms with Gasteiger partial charge in [-0.3, -0.25) is 0 Å². The van der Waals surface area contributed by atoms with Gasteiger partial charge in [0.05, 0.1) is 17.6 Å². The Morgan fingerprint density at radius 2 is 1.85 bits per heavy atom. The third-order valence-corrected chi connectivity index (χ3v) is 6.64. The molecule has 0 aliphatic carbocycles. The fraction of sp³-hybridized carbons (Fsp3) is 0.316. The second-order valence-corrected chi connectivity index (χ2v) is 8.41. The molecule has 0 aromatic heterocycles. The van der Waals surface area contributed by atoms with Crippen LogP contribution in [0.15, 0.2) is 53.4 Å². The number of methoxy groups -OCH3 is 1. The minimum absolute atomic E-state index is 0.0588. The molecule has 6 nitrogen and oxygen atoms in total. The second kappa shape index (κ2) is 7.19. The van der Waals surface area contributed by atoms with Crippen LogP contribution in [0.25, 0.3) is 0 Å². The SMILES string of the molecule is COC(=O)c1cc(S(=O)(=O)N2C[C@@H](N)[C@H](c3ccccc3)C2)ccc1C. The van der Waals surface area contributed by atoms with Crippen LogP contribution in [0.4, 0.5) is 0 Å². The maximum Gasteiger partial charge on any atom is 0.338 e. The Morgan fingerprint density at radius 1 is 1.15 bits per heavy atom. The van der Waals surface area contributed by atoms with Gasteiger partial charge in [0.2, 0.25) is 10.0 Å². The predicted octanol–water partition coefficient (Wildman–Crippen LogP) is 1.90. The van der Waals surface area contributed by atoms with E-state index in [0.717, 1.165) is 5.56 Å². The highest BCUT2D eigenvalue weighted by molar-refractivity contribution is 7.89. The highest BCUT2D eigenvalue weighted by atomic mass is 32.2. The molecule has 2 aromatic carbocycles. The quantitative estimate of drug-likeness (QED) is 0.826.